The second-order valence-electron chi connectivity index (χ2n) is 6.11. The second-order valence-corrected chi connectivity index (χ2v) is 7.32. The van der Waals surface area contributed by atoms with Gasteiger partial charge in [-0.15, -0.1) is 11.8 Å². The molecule has 1 heterocycles. The van der Waals surface area contributed by atoms with E-state index < -0.39 is 0 Å². The van der Waals surface area contributed by atoms with Gasteiger partial charge in [-0.3, -0.25) is 0 Å². The van der Waals surface area contributed by atoms with E-state index in [4.69, 9.17) is 0 Å². The first-order valence-electron chi connectivity index (χ1n) is 8.44. The molecule has 2 heteroatoms. The van der Waals surface area contributed by atoms with Crippen molar-refractivity contribution in [3.8, 4) is 0 Å². The Bertz CT molecular complexity index is 668. The van der Waals surface area contributed by atoms with E-state index in [1.807, 2.05) is 11.8 Å². The molecule has 0 bridgehead atoms. The van der Waals surface area contributed by atoms with E-state index in [1.54, 1.807) is 0 Å². The molecule has 0 saturated carbocycles. The van der Waals surface area contributed by atoms with Crippen LogP contribution >= 0.6 is 11.8 Å². The number of hydrogen-bond donors (Lipinski definition) is 1. The fourth-order valence-corrected chi connectivity index (χ4v) is 5.13. The predicted molar refractivity (Wildman–Crippen MR) is 103 cm³/mol. The Morgan fingerprint density at radius 3 is 1.42 bits per heavy atom. The Labute approximate surface area is 148 Å². The van der Waals surface area contributed by atoms with Gasteiger partial charge in [0.25, 0.3) is 0 Å². The Balaban J connectivity index is 2.03. The van der Waals surface area contributed by atoms with Crippen molar-refractivity contribution in [1.29, 1.82) is 0 Å². The van der Waals surface area contributed by atoms with Gasteiger partial charge in [0.2, 0.25) is 0 Å². The van der Waals surface area contributed by atoms with E-state index in [0.29, 0.717) is 5.37 Å². The van der Waals surface area contributed by atoms with E-state index in [-0.39, 0.29) is 5.41 Å². The highest BCUT2D eigenvalue weighted by Gasteiger charge is 2.45. The molecule has 1 aliphatic rings. The maximum absolute atomic E-state index is 3.76. The molecule has 1 atom stereocenters. The zero-order valence-electron chi connectivity index (χ0n) is 13.6. The lowest BCUT2D eigenvalue weighted by Crippen LogP contribution is -2.45. The third kappa shape index (κ3) is 2.56. The Morgan fingerprint density at radius 2 is 1.08 bits per heavy atom. The summed E-state index contributed by atoms with van der Waals surface area (Å²) in [6, 6.07) is 32.8. The van der Waals surface area contributed by atoms with Gasteiger partial charge in [-0.1, -0.05) is 91.0 Å². The maximum Gasteiger partial charge on any atom is 0.0713 e. The SMILES string of the molecule is c1ccc(C(c2ccccc2)(c2ccccc2)C2NCCS2)cc1. The van der Waals surface area contributed by atoms with E-state index in [1.165, 1.54) is 16.7 Å². The first-order chi connectivity index (χ1) is 11.9. The number of nitrogens with one attached hydrogen (secondary N) is 1. The third-order valence-corrected chi connectivity index (χ3v) is 6.09. The number of hydrogen-bond acceptors (Lipinski definition) is 2. The topological polar surface area (TPSA) is 12.0 Å². The summed E-state index contributed by atoms with van der Waals surface area (Å²) < 4.78 is 0. The van der Waals surface area contributed by atoms with E-state index in [9.17, 15) is 0 Å². The standard InChI is InChI=1S/C22H21NS/c1-4-10-18(11-5-1)22(21-23-16-17-24-21,19-12-6-2-7-13-19)20-14-8-3-9-15-20/h1-15,21,23H,16-17H2. The van der Waals surface area contributed by atoms with Crippen LogP contribution in [0.4, 0.5) is 0 Å². The van der Waals surface area contributed by atoms with Crippen molar-refractivity contribution in [2.45, 2.75) is 10.8 Å². The van der Waals surface area contributed by atoms with Gasteiger partial charge in [0.15, 0.2) is 0 Å². The monoisotopic (exact) mass is 331 g/mol. The molecule has 0 aromatic heterocycles. The molecule has 0 aliphatic carbocycles. The fraction of sp³-hybridized carbons (Fsp3) is 0.182. The molecule has 1 saturated heterocycles. The van der Waals surface area contributed by atoms with Gasteiger partial charge >= 0.3 is 0 Å². The van der Waals surface area contributed by atoms with Crippen LogP contribution < -0.4 is 5.32 Å². The van der Waals surface area contributed by atoms with E-state index in [2.05, 4.69) is 96.3 Å². The predicted octanol–water partition coefficient (Wildman–Crippen LogP) is 4.68. The van der Waals surface area contributed by atoms with Gasteiger partial charge in [0.1, 0.15) is 0 Å². The summed E-state index contributed by atoms with van der Waals surface area (Å²) >= 11 is 2.02. The van der Waals surface area contributed by atoms with Gasteiger partial charge in [0.05, 0.1) is 10.8 Å². The molecule has 1 fully saturated rings. The van der Waals surface area contributed by atoms with Crippen LogP contribution in [0.5, 0.6) is 0 Å². The molecule has 1 N–H and O–H groups in total. The molecule has 4 rings (SSSR count). The molecule has 0 amide bonds. The molecule has 0 spiro atoms. The lowest BCUT2D eigenvalue weighted by Gasteiger charge is -2.40. The summed E-state index contributed by atoms with van der Waals surface area (Å²) in [5, 5.41) is 4.08. The average molecular weight is 331 g/mol. The van der Waals surface area contributed by atoms with Crippen molar-refractivity contribution in [2.24, 2.45) is 0 Å². The van der Waals surface area contributed by atoms with Gasteiger partial charge in [-0.25, -0.2) is 0 Å². The summed E-state index contributed by atoms with van der Waals surface area (Å²) in [5.74, 6) is 1.15. The molecule has 1 unspecified atom stereocenters. The Kier molecular flexibility index (Phi) is 4.42. The van der Waals surface area contributed by atoms with Gasteiger partial charge < -0.3 is 5.32 Å². The van der Waals surface area contributed by atoms with Gasteiger partial charge in [-0.2, -0.15) is 0 Å². The summed E-state index contributed by atoms with van der Waals surface area (Å²) in [6.07, 6.45) is 0. The lowest BCUT2D eigenvalue weighted by atomic mass is 9.69. The van der Waals surface area contributed by atoms with Crippen LogP contribution in [0.3, 0.4) is 0 Å². The van der Waals surface area contributed by atoms with Crippen molar-refractivity contribution in [2.75, 3.05) is 12.3 Å². The van der Waals surface area contributed by atoms with Gasteiger partial charge in [0, 0.05) is 12.3 Å². The fourth-order valence-electron chi connectivity index (χ4n) is 3.76. The van der Waals surface area contributed by atoms with Crippen LogP contribution in [-0.2, 0) is 5.41 Å². The second kappa shape index (κ2) is 6.84. The molecule has 3 aromatic rings. The third-order valence-electron chi connectivity index (χ3n) is 4.80. The van der Waals surface area contributed by atoms with E-state index in [0.717, 1.165) is 12.3 Å². The molecular weight excluding hydrogens is 310 g/mol. The molecule has 120 valence electrons. The van der Waals surface area contributed by atoms with Crippen molar-refractivity contribution < 1.29 is 0 Å². The number of thioether (sulfide) groups is 1. The van der Waals surface area contributed by atoms with Crippen LogP contribution in [0.1, 0.15) is 16.7 Å². The molecule has 24 heavy (non-hydrogen) atoms. The first-order valence-corrected chi connectivity index (χ1v) is 9.49. The molecule has 1 aliphatic heterocycles. The zero-order valence-corrected chi connectivity index (χ0v) is 14.4. The highest BCUT2D eigenvalue weighted by molar-refractivity contribution is 8.00. The minimum Gasteiger partial charge on any atom is -0.303 e. The summed E-state index contributed by atoms with van der Waals surface area (Å²) in [5.41, 5.74) is 3.84. The minimum atomic E-state index is -0.190. The summed E-state index contributed by atoms with van der Waals surface area (Å²) in [6.45, 7) is 1.06. The van der Waals surface area contributed by atoms with Crippen molar-refractivity contribution in [3.05, 3.63) is 108 Å². The van der Waals surface area contributed by atoms with Crippen molar-refractivity contribution in [3.63, 3.8) is 0 Å². The summed E-state index contributed by atoms with van der Waals surface area (Å²) in [4.78, 5) is 0. The Morgan fingerprint density at radius 1 is 0.667 bits per heavy atom. The molecule has 3 aromatic carbocycles. The van der Waals surface area contributed by atoms with Crippen LogP contribution in [0.25, 0.3) is 0 Å². The minimum absolute atomic E-state index is 0.190. The van der Waals surface area contributed by atoms with Crippen molar-refractivity contribution in [1.82, 2.24) is 5.32 Å². The van der Waals surface area contributed by atoms with Crippen LogP contribution in [0.15, 0.2) is 91.0 Å². The number of benzene rings is 3. The molecule has 0 radical (unpaired) electrons. The van der Waals surface area contributed by atoms with E-state index >= 15 is 0 Å². The smallest absolute Gasteiger partial charge is 0.0713 e. The first kappa shape index (κ1) is 15.5. The normalized spacial score (nSPS) is 17.8. The van der Waals surface area contributed by atoms with Crippen LogP contribution in [0.2, 0.25) is 0 Å². The highest BCUT2D eigenvalue weighted by atomic mass is 32.2. The van der Waals surface area contributed by atoms with Crippen LogP contribution in [0, 0.1) is 0 Å². The number of rotatable bonds is 4. The van der Waals surface area contributed by atoms with Crippen LogP contribution in [-0.4, -0.2) is 17.7 Å². The average Bonchev–Trinajstić information content (AvgIpc) is 3.20. The Hall–Kier alpha value is -2.03. The summed E-state index contributed by atoms with van der Waals surface area (Å²) in [7, 11) is 0. The highest BCUT2D eigenvalue weighted by Crippen LogP contribution is 2.46. The molecule has 1 nitrogen and oxygen atoms in total. The van der Waals surface area contributed by atoms with Crippen molar-refractivity contribution >= 4 is 11.8 Å². The van der Waals surface area contributed by atoms with Gasteiger partial charge in [-0.05, 0) is 16.7 Å². The molecular formula is C22H21NS. The maximum atomic E-state index is 3.76. The lowest BCUT2D eigenvalue weighted by molar-refractivity contribution is 0.524. The quantitative estimate of drug-likeness (QED) is 0.697. The zero-order chi connectivity index (χ0) is 16.2. The largest absolute Gasteiger partial charge is 0.303 e.